The van der Waals surface area contributed by atoms with Crippen molar-refractivity contribution < 1.29 is 45.7 Å². The van der Waals surface area contributed by atoms with Crippen LogP contribution in [0.2, 0.25) is 25.7 Å². The van der Waals surface area contributed by atoms with Gasteiger partial charge in [0.05, 0.1) is 12.5 Å². The third kappa shape index (κ3) is 9.17. The van der Waals surface area contributed by atoms with Crippen molar-refractivity contribution in [2.75, 3.05) is 26.9 Å². The van der Waals surface area contributed by atoms with Gasteiger partial charge in [0.15, 0.2) is 6.61 Å². The van der Waals surface area contributed by atoms with E-state index in [9.17, 15) is 26.7 Å². The van der Waals surface area contributed by atoms with Gasteiger partial charge in [-0.05, 0) is 38.4 Å². The molecule has 0 atom stereocenters. The van der Waals surface area contributed by atoms with Crippen molar-refractivity contribution in [3.8, 4) is 34.5 Å². The molecule has 0 aliphatic carbocycles. The summed E-state index contributed by atoms with van der Waals surface area (Å²) < 4.78 is 87.0. The smallest absolute Gasteiger partial charge is 0.456 e. The van der Waals surface area contributed by atoms with Crippen LogP contribution < -0.4 is 9.47 Å². The lowest BCUT2D eigenvalue weighted by molar-refractivity contribution is -0.290. The van der Waals surface area contributed by atoms with Gasteiger partial charge in [-0.3, -0.25) is 9.78 Å². The van der Waals surface area contributed by atoms with Gasteiger partial charge >= 0.3 is 24.1 Å². The molecular formula is C28H36F5N5O5Si. The molecule has 0 aliphatic rings. The van der Waals surface area contributed by atoms with Gasteiger partial charge < -0.3 is 18.9 Å². The molecule has 3 aromatic rings. The van der Waals surface area contributed by atoms with Crippen molar-refractivity contribution in [3.63, 3.8) is 0 Å². The van der Waals surface area contributed by atoms with Crippen LogP contribution >= 0.6 is 0 Å². The number of esters is 1. The number of alkyl halides is 5. The van der Waals surface area contributed by atoms with Crippen LogP contribution in [0.4, 0.5) is 22.0 Å². The van der Waals surface area contributed by atoms with E-state index in [4.69, 9.17) is 18.9 Å². The van der Waals surface area contributed by atoms with Crippen LogP contribution in [0.25, 0.3) is 22.6 Å². The number of rotatable bonds is 14. The summed E-state index contributed by atoms with van der Waals surface area (Å²) in [5.41, 5.74) is 1.57. The molecule has 0 saturated heterocycles. The molecule has 0 saturated carbocycles. The molecule has 3 aromatic heterocycles. The number of hydrogen-bond acceptors (Lipinski definition) is 9. The SMILES string of the molecule is COC(=O)C(C)(C)COc1cc(C)c(-c2ccc(-c3nc(OCC(F)(F)C(F)(F)F)n(COCC[Si](C)(C)C)n3)nc2)cn1. The number of carbonyl (C=O) groups excluding carboxylic acids is 1. The van der Waals surface area contributed by atoms with E-state index < -0.39 is 44.2 Å². The topological polar surface area (TPSA) is 110 Å². The van der Waals surface area contributed by atoms with Gasteiger partial charge in [-0.2, -0.15) is 31.6 Å². The van der Waals surface area contributed by atoms with Crippen molar-refractivity contribution in [1.82, 2.24) is 24.7 Å². The highest BCUT2D eigenvalue weighted by Gasteiger charge is 2.58. The number of hydrogen-bond donors (Lipinski definition) is 0. The van der Waals surface area contributed by atoms with Crippen molar-refractivity contribution in [2.45, 2.75) is 65.3 Å². The minimum absolute atomic E-state index is 0.0533. The molecular weight excluding hydrogens is 609 g/mol. The zero-order chi connectivity index (χ0) is 32.9. The highest BCUT2D eigenvalue weighted by atomic mass is 28.3. The van der Waals surface area contributed by atoms with E-state index in [1.54, 1.807) is 38.2 Å². The second-order valence-electron chi connectivity index (χ2n) is 12.0. The van der Waals surface area contributed by atoms with Crippen LogP contribution in [0.15, 0.2) is 30.6 Å². The third-order valence-corrected chi connectivity index (χ3v) is 8.06. The first kappa shape index (κ1) is 34.8. The minimum atomic E-state index is -5.79. The molecule has 0 fully saturated rings. The largest absolute Gasteiger partial charge is 0.476 e. The molecule has 242 valence electrons. The zero-order valence-corrected chi connectivity index (χ0v) is 26.6. The number of halogens is 5. The molecule has 0 aliphatic heterocycles. The summed E-state index contributed by atoms with van der Waals surface area (Å²) in [6.45, 7) is 9.82. The monoisotopic (exact) mass is 645 g/mol. The fourth-order valence-electron chi connectivity index (χ4n) is 3.58. The number of aromatic nitrogens is 5. The Hall–Kier alpha value is -3.66. The van der Waals surface area contributed by atoms with Gasteiger partial charge in [0.1, 0.15) is 19.0 Å². The van der Waals surface area contributed by atoms with Crippen LogP contribution in [-0.4, -0.2) is 77.8 Å². The van der Waals surface area contributed by atoms with Crippen LogP contribution in [0.1, 0.15) is 19.4 Å². The Morgan fingerprint density at radius 1 is 1.00 bits per heavy atom. The Bertz CT molecular complexity index is 1430. The predicted octanol–water partition coefficient (Wildman–Crippen LogP) is 6.18. The van der Waals surface area contributed by atoms with Crippen molar-refractivity contribution in [2.24, 2.45) is 5.41 Å². The molecule has 0 unspecified atom stereocenters. The molecule has 0 N–H and O–H groups in total. The van der Waals surface area contributed by atoms with E-state index in [1.165, 1.54) is 13.3 Å². The number of aryl methyl sites for hydroxylation is 1. The van der Waals surface area contributed by atoms with E-state index in [1.807, 2.05) is 6.92 Å². The normalized spacial score (nSPS) is 12.7. The maximum Gasteiger partial charge on any atom is 0.456 e. The third-order valence-electron chi connectivity index (χ3n) is 6.35. The summed E-state index contributed by atoms with van der Waals surface area (Å²) in [6, 6.07) is 5.22. The molecule has 0 amide bonds. The Labute approximate surface area is 252 Å². The fourth-order valence-corrected chi connectivity index (χ4v) is 4.34. The first-order chi connectivity index (χ1) is 20.3. The molecule has 16 heteroatoms. The highest BCUT2D eigenvalue weighted by molar-refractivity contribution is 6.76. The standard InChI is InChI=1S/C28H36F5N5O5Si/c1-18-12-22(42-15-26(2,3)24(39)40-4)35-14-20(18)19-8-9-21(34-13-19)23-36-25(43-16-27(29,30)28(31,32)33)38(37-23)17-41-10-11-44(5,6)7/h8-9,12-14H,10-11,15-17H2,1-7H3. The lowest BCUT2D eigenvalue weighted by atomic mass is 9.95. The zero-order valence-electron chi connectivity index (χ0n) is 25.6. The van der Waals surface area contributed by atoms with Gasteiger partial charge in [-0.1, -0.05) is 25.7 Å². The summed E-state index contributed by atoms with van der Waals surface area (Å²) in [4.78, 5) is 24.6. The quantitative estimate of drug-likeness (QED) is 0.0879. The van der Waals surface area contributed by atoms with E-state index >= 15 is 0 Å². The molecule has 0 aromatic carbocycles. The van der Waals surface area contributed by atoms with Crippen LogP contribution in [0.5, 0.6) is 11.9 Å². The Morgan fingerprint density at radius 2 is 1.70 bits per heavy atom. The number of ether oxygens (including phenoxy) is 4. The van der Waals surface area contributed by atoms with E-state index in [-0.39, 0.29) is 24.9 Å². The summed E-state index contributed by atoms with van der Waals surface area (Å²) in [7, 11) is -0.135. The van der Waals surface area contributed by atoms with Crippen LogP contribution in [0, 0.1) is 12.3 Å². The van der Waals surface area contributed by atoms with Gasteiger partial charge in [0.2, 0.25) is 11.7 Å². The Morgan fingerprint density at radius 3 is 2.27 bits per heavy atom. The lowest BCUT2D eigenvalue weighted by Gasteiger charge is -2.21. The number of nitrogens with zero attached hydrogens (tertiary/aromatic N) is 5. The van der Waals surface area contributed by atoms with Gasteiger partial charge in [-0.15, -0.1) is 5.10 Å². The summed E-state index contributed by atoms with van der Waals surface area (Å²) >= 11 is 0. The molecule has 0 radical (unpaired) electrons. The second-order valence-corrected chi connectivity index (χ2v) is 17.6. The van der Waals surface area contributed by atoms with Crippen molar-refractivity contribution in [1.29, 1.82) is 0 Å². The molecule has 0 bridgehead atoms. The average molecular weight is 646 g/mol. The minimum Gasteiger partial charge on any atom is -0.476 e. The van der Waals surface area contributed by atoms with Crippen molar-refractivity contribution >= 4 is 14.0 Å². The highest BCUT2D eigenvalue weighted by Crippen LogP contribution is 2.36. The summed E-state index contributed by atoms with van der Waals surface area (Å²) in [6.07, 6.45) is -2.68. The van der Waals surface area contributed by atoms with E-state index in [2.05, 4.69) is 39.7 Å². The van der Waals surface area contributed by atoms with E-state index in [0.717, 1.165) is 21.9 Å². The fraction of sp³-hybridized carbons (Fsp3) is 0.536. The van der Waals surface area contributed by atoms with Gasteiger partial charge in [0, 0.05) is 44.3 Å². The van der Waals surface area contributed by atoms with Gasteiger partial charge in [-0.25, -0.2) is 4.98 Å². The average Bonchev–Trinajstić information content (AvgIpc) is 3.35. The first-order valence-electron chi connectivity index (χ1n) is 13.6. The van der Waals surface area contributed by atoms with Crippen LogP contribution in [-0.2, 0) is 21.0 Å². The molecule has 0 spiro atoms. The number of carbonyl (C=O) groups is 1. The molecule has 10 nitrogen and oxygen atoms in total. The number of pyridine rings is 2. The second kappa shape index (κ2) is 13.5. The first-order valence-corrected chi connectivity index (χ1v) is 17.3. The summed E-state index contributed by atoms with van der Waals surface area (Å²) in [5, 5.41) is 4.18. The Balaban J connectivity index is 1.78. The van der Waals surface area contributed by atoms with Crippen LogP contribution in [0.3, 0.4) is 0 Å². The maximum absolute atomic E-state index is 13.5. The molecule has 3 heterocycles. The van der Waals surface area contributed by atoms with Gasteiger partial charge in [0.25, 0.3) is 0 Å². The lowest BCUT2D eigenvalue weighted by Crippen LogP contribution is -2.42. The maximum atomic E-state index is 13.5. The number of methoxy groups -OCH3 is 1. The predicted molar refractivity (Wildman–Crippen MR) is 153 cm³/mol. The Kier molecular flexibility index (Phi) is 10.7. The summed E-state index contributed by atoms with van der Waals surface area (Å²) in [5.74, 6) is -5.24. The molecule has 3 rings (SSSR count). The van der Waals surface area contributed by atoms with Crippen molar-refractivity contribution in [3.05, 3.63) is 36.2 Å². The van der Waals surface area contributed by atoms with E-state index in [0.29, 0.717) is 18.1 Å². The molecule has 44 heavy (non-hydrogen) atoms.